The number of hydrogen-bond donors (Lipinski definition) is 2. The zero-order chi connectivity index (χ0) is 15.8. The number of halogens is 1. The molecule has 0 aromatic heterocycles. The van der Waals surface area contributed by atoms with Gasteiger partial charge < -0.3 is 5.11 Å². The van der Waals surface area contributed by atoms with Crippen LogP contribution in [0.4, 0.5) is 0 Å². The first-order valence-electron chi connectivity index (χ1n) is 6.27. The zero-order valence-electron chi connectivity index (χ0n) is 11.3. The third-order valence-corrected chi connectivity index (χ3v) is 6.41. The summed E-state index contributed by atoms with van der Waals surface area (Å²) in [5.74, 6) is 0.0895. The average Bonchev–Trinajstić information content (AvgIpc) is 2.32. The third-order valence-electron chi connectivity index (χ3n) is 3.39. The predicted molar refractivity (Wildman–Crippen MR) is 78.5 cm³/mol. The van der Waals surface area contributed by atoms with Crippen LogP contribution < -0.4 is 4.72 Å². The van der Waals surface area contributed by atoms with E-state index in [1.54, 1.807) is 0 Å². The lowest BCUT2D eigenvalue weighted by Crippen LogP contribution is -2.38. The average molecular weight is 354 g/mol. The van der Waals surface area contributed by atoms with Crippen LogP contribution in [0.5, 0.6) is 0 Å². The van der Waals surface area contributed by atoms with Crippen LogP contribution in [0.15, 0.2) is 28.0 Å². The van der Waals surface area contributed by atoms with Gasteiger partial charge in [-0.1, -0.05) is 11.6 Å². The molecule has 0 unspecified atom stereocenters. The Labute approximate surface area is 129 Å². The molecule has 0 bridgehead atoms. The number of nitrogens with one attached hydrogen (secondary N) is 1. The van der Waals surface area contributed by atoms with Gasteiger partial charge in [0.2, 0.25) is 10.0 Å². The summed E-state index contributed by atoms with van der Waals surface area (Å²) >= 11 is 5.86. The quantitative estimate of drug-likeness (QED) is 0.815. The maximum atomic E-state index is 12.2. The minimum atomic E-state index is -3.89. The van der Waals surface area contributed by atoms with Gasteiger partial charge in [-0.15, -0.1) is 0 Å². The van der Waals surface area contributed by atoms with E-state index in [9.17, 15) is 16.8 Å². The minimum Gasteiger partial charge on any atom is -0.393 e. The Balaban J connectivity index is 2.22. The molecule has 0 amide bonds. The van der Waals surface area contributed by atoms with Crippen molar-refractivity contribution in [1.82, 2.24) is 4.72 Å². The summed E-state index contributed by atoms with van der Waals surface area (Å²) in [7, 11) is -7.41. The van der Waals surface area contributed by atoms with Gasteiger partial charge in [-0.3, -0.25) is 0 Å². The lowest BCUT2D eigenvalue weighted by Gasteiger charge is -2.31. The Morgan fingerprint density at radius 1 is 1.29 bits per heavy atom. The van der Waals surface area contributed by atoms with E-state index in [0.29, 0.717) is 12.8 Å². The van der Waals surface area contributed by atoms with Gasteiger partial charge in [0.25, 0.3) is 0 Å². The van der Waals surface area contributed by atoms with Gasteiger partial charge in [0, 0.05) is 12.8 Å². The predicted octanol–water partition coefficient (Wildman–Crippen LogP) is 0.793. The van der Waals surface area contributed by atoms with E-state index in [1.165, 1.54) is 12.1 Å². The largest absolute Gasteiger partial charge is 0.393 e. The number of aliphatic hydroxyl groups is 1. The maximum absolute atomic E-state index is 12.2. The molecule has 1 aliphatic rings. The Morgan fingerprint density at radius 3 is 2.43 bits per heavy atom. The highest BCUT2D eigenvalue weighted by molar-refractivity contribution is 7.91. The number of hydrogen-bond acceptors (Lipinski definition) is 5. The zero-order valence-corrected chi connectivity index (χ0v) is 13.7. The molecule has 0 radical (unpaired) electrons. The fraction of sp³-hybridized carbons (Fsp3) is 0.500. The summed E-state index contributed by atoms with van der Waals surface area (Å²) < 4.78 is 49.8. The molecule has 1 aliphatic carbocycles. The van der Waals surface area contributed by atoms with Gasteiger partial charge in [-0.05, 0) is 37.0 Å². The molecule has 0 heterocycles. The molecule has 6 nitrogen and oxygen atoms in total. The van der Waals surface area contributed by atoms with Crippen LogP contribution in [0.1, 0.15) is 12.8 Å². The van der Waals surface area contributed by atoms with Crippen molar-refractivity contribution < 1.29 is 21.9 Å². The van der Waals surface area contributed by atoms with Crippen molar-refractivity contribution in [3.8, 4) is 0 Å². The van der Waals surface area contributed by atoms with Gasteiger partial charge in [-0.25, -0.2) is 21.6 Å². The molecule has 0 atom stereocenters. The highest BCUT2D eigenvalue weighted by Gasteiger charge is 2.29. The Morgan fingerprint density at radius 2 is 1.90 bits per heavy atom. The van der Waals surface area contributed by atoms with Crippen molar-refractivity contribution >= 4 is 31.5 Å². The van der Waals surface area contributed by atoms with Crippen LogP contribution in [0.3, 0.4) is 0 Å². The van der Waals surface area contributed by atoms with E-state index < -0.39 is 19.9 Å². The first-order valence-corrected chi connectivity index (χ1v) is 10.0. The number of sulfonamides is 1. The van der Waals surface area contributed by atoms with E-state index in [-0.39, 0.29) is 33.4 Å². The summed E-state index contributed by atoms with van der Waals surface area (Å²) in [5, 5.41) is 9.13. The molecular formula is C12H16ClNO5S2. The molecule has 9 heteroatoms. The van der Waals surface area contributed by atoms with Crippen LogP contribution in [0, 0.1) is 5.92 Å². The van der Waals surface area contributed by atoms with Crippen LogP contribution in [-0.2, 0) is 19.9 Å². The summed E-state index contributed by atoms with van der Waals surface area (Å²) in [6.45, 7) is 0.193. The van der Waals surface area contributed by atoms with Gasteiger partial charge in [0.15, 0.2) is 9.84 Å². The normalized spacial score (nSPS) is 22.8. The lowest BCUT2D eigenvalue weighted by molar-refractivity contribution is 0.0453. The number of benzene rings is 1. The van der Waals surface area contributed by atoms with Crippen LogP contribution in [0.25, 0.3) is 0 Å². The molecule has 1 aromatic carbocycles. The first-order chi connectivity index (χ1) is 9.59. The smallest absolute Gasteiger partial charge is 0.242 e. The van der Waals surface area contributed by atoms with Crippen molar-refractivity contribution in [3.63, 3.8) is 0 Å². The van der Waals surface area contributed by atoms with Crippen molar-refractivity contribution in [1.29, 1.82) is 0 Å². The van der Waals surface area contributed by atoms with Gasteiger partial charge in [0.05, 0.1) is 16.0 Å². The van der Waals surface area contributed by atoms with Gasteiger partial charge in [0.1, 0.15) is 4.90 Å². The topological polar surface area (TPSA) is 101 Å². The molecule has 21 heavy (non-hydrogen) atoms. The molecular weight excluding hydrogens is 338 g/mol. The van der Waals surface area contributed by atoms with Gasteiger partial charge >= 0.3 is 0 Å². The third kappa shape index (κ3) is 3.95. The van der Waals surface area contributed by atoms with E-state index >= 15 is 0 Å². The second-order valence-corrected chi connectivity index (χ2v) is 9.37. The molecule has 0 saturated heterocycles. The van der Waals surface area contributed by atoms with E-state index in [4.69, 9.17) is 16.7 Å². The molecule has 0 spiro atoms. The standard InChI is InChI=1S/C12H16ClNO5S2/c1-20(16,17)10-2-3-11(13)12(6-10)21(18,19)14-7-8-4-9(15)5-8/h2-3,6,8-9,14-15H,4-5,7H2,1H3. The fourth-order valence-electron chi connectivity index (χ4n) is 2.09. The maximum Gasteiger partial charge on any atom is 0.242 e. The highest BCUT2D eigenvalue weighted by atomic mass is 35.5. The molecule has 118 valence electrons. The lowest BCUT2D eigenvalue weighted by atomic mass is 9.83. The summed E-state index contributed by atoms with van der Waals surface area (Å²) in [4.78, 5) is -0.363. The van der Waals surface area contributed by atoms with Crippen LogP contribution in [0.2, 0.25) is 5.02 Å². The van der Waals surface area contributed by atoms with Crippen LogP contribution in [-0.4, -0.2) is 40.8 Å². The summed E-state index contributed by atoms with van der Waals surface area (Å²) in [6, 6.07) is 3.56. The van der Waals surface area contributed by atoms with Crippen molar-refractivity contribution in [2.24, 2.45) is 5.92 Å². The fourth-order valence-corrected chi connectivity index (χ4v) is 4.45. The van der Waals surface area contributed by atoms with Gasteiger partial charge in [-0.2, -0.15) is 0 Å². The van der Waals surface area contributed by atoms with Crippen molar-refractivity contribution in [2.75, 3.05) is 12.8 Å². The van der Waals surface area contributed by atoms with E-state index in [1.807, 2.05) is 0 Å². The molecule has 2 N–H and O–H groups in total. The Kier molecular flexibility index (Phi) is 4.65. The first kappa shape index (κ1) is 16.7. The highest BCUT2D eigenvalue weighted by Crippen LogP contribution is 2.28. The number of aliphatic hydroxyl groups excluding tert-OH is 1. The molecule has 1 fully saturated rings. The molecule has 1 saturated carbocycles. The summed E-state index contributed by atoms with van der Waals surface area (Å²) in [5.41, 5.74) is 0. The number of rotatable bonds is 5. The Hall–Kier alpha value is -0.670. The second kappa shape index (κ2) is 5.85. The molecule has 1 aromatic rings. The van der Waals surface area contributed by atoms with E-state index in [0.717, 1.165) is 12.3 Å². The Bertz CT molecular complexity index is 739. The monoisotopic (exact) mass is 353 g/mol. The second-order valence-electron chi connectivity index (χ2n) is 5.21. The van der Waals surface area contributed by atoms with Crippen LogP contribution >= 0.6 is 11.6 Å². The number of sulfone groups is 1. The minimum absolute atomic E-state index is 0.0384. The summed E-state index contributed by atoms with van der Waals surface area (Å²) in [6.07, 6.45) is 1.74. The molecule has 0 aliphatic heterocycles. The van der Waals surface area contributed by atoms with E-state index in [2.05, 4.69) is 4.72 Å². The van der Waals surface area contributed by atoms with Crippen molar-refractivity contribution in [3.05, 3.63) is 23.2 Å². The van der Waals surface area contributed by atoms with Crippen molar-refractivity contribution in [2.45, 2.75) is 28.7 Å². The SMILES string of the molecule is CS(=O)(=O)c1ccc(Cl)c(S(=O)(=O)NCC2CC(O)C2)c1. The molecule has 2 rings (SSSR count).